The van der Waals surface area contributed by atoms with E-state index in [1.54, 1.807) is 38.1 Å². The van der Waals surface area contributed by atoms with Crippen LogP contribution in [-0.4, -0.2) is 41.6 Å². The smallest absolute Gasteiger partial charge is 0.335 e. The molecule has 0 spiro atoms. The fourth-order valence-corrected chi connectivity index (χ4v) is 3.98. The van der Waals surface area contributed by atoms with E-state index in [1.165, 1.54) is 0 Å². The van der Waals surface area contributed by atoms with E-state index in [4.69, 9.17) is 21.7 Å². The first kappa shape index (κ1) is 24.4. The topological polar surface area (TPSA) is 71.0 Å². The molecule has 3 aromatic rings. The molecule has 0 saturated carbocycles. The Morgan fingerprint density at radius 3 is 2.27 bits per heavy atom. The number of nitrogens with zero attached hydrogens (tertiary/aromatic N) is 1. The van der Waals surface area contributed by atoms with E-state index in [-0.39, 0.29) is 5.56 Å². The van der Waals surface area contributed by atoms with Crippen LogP contribution in [0.3, 0.4) is 0 Å². The zero-order valence-electron chi connectivity index (χ0n) is 18.7. The lowest BCUT2D eigenvalue weighted by Crippen LogP contribution is -2.33. The van der Waals surface area contributed by atoms with Crippen LogP contribution in [0.4, 0.5) is 5.69 Å². The molecule has 2 N–H and O–H groups in total. The van der Waals surface area contributed by atoms with E-state index in [2.05, 4.69) is 5.32 Å². The van der Waals surface area contributed by atoms with Gasteiger partial charge >= 0.3 is 5.97 Å². The summed E-state index contributed by atoms with van der Waals surface area (Å²) in [5.41, 5.74) is 3.10. The number of hydrogen-bond acceptors (Lipinski definition) is 5. The van der Waals surface area contributed by atoms with E-state index in [9.17, 15) is 9.90 Å². The molecule has 0 heterocycles. The van der Waals surface area contributed by atoms with Crippen molar-refractivity contribution in [1.82, 2.24) is 4.90 Å². The highest BCUT2D eigenvalue weighted by atomic mass is 32.2. The number of benzene rings is 3. The van der Waals surface area contributed by atoms with Crippen LogP contribution in [0.15, 0.2) is 71.6 Å². The number of nitrogens with one attached hydrogen (secondary N) is 1. The predicted octanol–water partition coefficient (Wildman–Crippen LogP) is 5.52. The van der Waals surface area contributed by atoms with Crippen LogP contribution >= 0.6 is 24.0 Å². The summed E-state index contributed by atoms with van der Waals surface area (Å²) >= 11 is 7.43. The molecule has 8 heteroatoms. The van der Waals surface area contributed by atoms with Gasteiger partial charge in [0.25, 0.3) is 0 Å². The summed E-state index contributed by atoms with van der Waals surface area (Å²) in [5, 5.41) is 13.1. The number of ether oxygens (including phenoxy) is 2. The molecule has 6 nitrogen and oxygen atoms in total. The lowest BCUT2D eigenvalue weighted by Gasteiger charge is -2.27. The van der Waals surface area contributed by atoms with Gasteiger partial charge in [0.05, 0.1) is 19.8 Å². The zero-order chi connectivity index (χ0) is 23.8. The average Bonchev–Trinajstić information content (AvgIpc) is 2.83. The minimum atomic E-state index is -0.949. The Labute approximate surface area is 203 Å². The summed E-state index contributed by atoms with van der Waals surface area (Å²) in [4.78, 5) is 14.4. The molecule has 0 amide bonds. The molecule has 0 aromatic heterocycles. The van der Waals surface area contributed by atoms with E-state index in [0.717, 1.165) is 21.7 Å². The van der Waals surface area contributed by atoms with Gasteiger partial charge in [-0.05, 0) is 72.1 Å². The van der Waals surface area contributed by atoms with Crippen molar-refractivity contribution in [2.24, 2.45) is 0 Å². The minimum absolute atomic E-state index is 0.250. The van der Waals surface area contributed by atoms with Crippen molar-refractivity contribution in [1.29, 1.82) is 0 Å². The zero-order valence-corrected chi connectivity index (χ0v) is 20.3. The maximum atomic E-state index is 11.2. The first-order chi connectivity index (χ1) is 15.9. The van der Waals surface area contributed by atoms with Crippen molar-refractivity contribution in [2.45, 2.75) is 18.0 Å². The van der Waals surface area contributed by atoms with Gasteiger partial charge in [-0.2, -0.15) is 0 Å². The molecule has 3 rings (SSSR count). The molecular formula is C25H26N2O4S2. The number of carboxylic acid groups (broad SMARTS) is 1. The largest absolute Gasteiger partial charge is 0.493 e. The summed E-state index contributed by atoms with van der Waals surface area (Å²) in [7, 11) is 3.21. The number of anilines is 1. The Bertz CT molecular complexity index is 1120. The molecule has 0 fully saturated rings. The number of rotatable bonds is 9. The van der Waals surface area contributed by atoms with Gasteiger partial charge in [0.1, 0.15) is 0 Å². The lowest BCUT2D eigenvalue weighted by molar-refractivity contribution is 0.0697. The van der Waals surface area contributed by atoms with Gasteiger partial charge in [-0.25, -0.2) is 4.79 Å². The molecule has 0 atom stereocenters. The Kier molecular flexibility index (Phi) is 8.57. The van der Waals surface area contributed by atoms with Crippen LogP contribution in [0.5, 0.6) is 11.5 Å². The minimum Gasteiger partial charge on any atom is -0.493 e. The third-order valence-electron chi connectivity index (χ3n) is 5.00. The van der Waals surface area contributed by atoms with E-state index >= 15 is 0 Å². The van der Waals surface area contributed by atoms with Crippen molar-refractivity contribution in [3.63, 3.8) is 0 Å². The summed E-state index contributed by atoms with van der Waals surface area (Å²) in [5.74, 6) is 0.355. The fourth-order valence-electron chi connectivity index (χ4n) is 3.28. The van der Waals surface area contributed by atoms with Gasteiger partial charge in [-0.15, -0.1) is 11.8 Å². The Morgan fingerprint density at radius 1 is 0.970 bits per heavy atom. The van der Waals surface area contributed by atoms with Gasteiger partial charge in [-0.3, -0.25) is 0 Å². The quantitative estimate of drug-likeness (QED) is 0.305. The van der Waals surface area contributed by atoms with E-state index < -0.39 is 5.97 Å². The van der Waals surface area contributed by atoms with Crippen LogP contribution < -0.4 is 14.8 Å². The van der Waals surface area contributed by atoms with Crippen molar-refractivity contribution < 1.29 is 19.4 Å². The monoisotopic (exact) mass is 482 g/mol. The normalized spacial score (nSPS) is 10.4. The van der Waals surface area contributed by atoms with Gasteiger partial charge in [-0.1, -0.05) is 24.3 Å². The number of hydrogen-bond donors (Lipinski definition) is 2. The Morgan fingerprint density at radius 2 is 1.64 bits per heavy atom. The SMILES string of the molecule is COc1ccc(CN(Cc2ccc(C(=O)O)cc2)C(=S)Nc2cccc(SC)c2)cc1OC. The van der Waals surface area contributed by atoms with Crippen molar-refractivity contribution >= 4 is 40.7 Å². The molecular weight excluding hydrogens is 456 g/mol. The van der Waals surface area contributed by atoms with Crippen LogP contribution in [0.1, 0.15) is 21.5 Å². The van der Waals surface area contributed by atoms with Gasteiger partial charge in [0, 0.05) is 23.7 Å². The number of carbonyl (C=O) groups is 1. The molecule has 3 aromatic carbocycles. The number of methoxy groups -OCH3 is 2. The van der Waals surface area contributed by atoms with Crippen molar-refractivity contribution in [3.05, 3.63) is 83.4 Å². The van der Waals surface area contributed by atoms with E-state index in [1.807, 2.05) is 65.8 Å². The molecule has 0 radical (unpaired) electrons. The Hall–Kier alpha value is -3.23. The maximum Gasteiger partial charge on any atom is 0.335 e. The summed E-state index contributed by atoms with van der Waals surface area (Å²) in [6, 6.07) is 20.6. The van der Waals surface area contributed by atoms with Crippen LogP contribution in [-0.2, 0) is 13.1 Å². The lowest BCUT2D eigenvalue weighted by atomic mass is 10.1. The molecule has 33 heavy (non-hydrogen) atoms. The highest BCUT2D eigenvalue weighted by Gasteiger charge is 2.14. The predicted molar refractivity (Wildman–Crippen MR) is 137 cm³/mol. The third kappa shape index (κ3) is 6.63. The summed E-state index contributed by atoms with van der Waals surface area (Å²) < 4.78 is 10.8. The number of thiocarbonyl (C=S) groups is 1. The molecule has 0 aliphatic carbocycles. The highest BCUT2D eigenvalue weighted by Crippen LogP contribution is 2.28. The molecule has 0 bridgehead atoms. The molecule has 0 aliphatic heterocycles. The number of carboxylic acids is 1. The summed E-state index contributed by atoms with van der Waals surface area (Å²) in [6.07, 6.45) is 2.03. The highest BCUT2D eigenvalue weighted by molar-refractivity contribution is 7.98. The van der Waals surface area contributed by atoms with Gasteiger partial charge in [0.15, 0.2) is 16.6 Å². The fraction of sp³-hybridized carbons (Fsp3) is 0.200. The molecule has 0 aliphatic rings. The van der Waals surface area contributed by atoms with Crippen molar-refractivity contribution in [2.75, 3.05) is 25.8 Å². The second kappa shape index (κ2) is 11.6. The van der Waals surface area contributed by atoms with Crippen LogP contribution in [0.2, 0.25) is 0 Å². The number of thioether (sulfide) groups is 1. The first-order valence-electron chi connectivity index (χ1n) is 10.2. The molecule has 0 unspecified atom stereocenters. The number of aromatic carboxylic acids is 1. The van der Waals surface area contributed by atoms with E-state index in [0.29, 0.717) is 29.7 Å². The van der Waals surface area contributed by atoms with Crippen LogP contribution in [0, 0.1) is 0 Å². The Balaban J connectivity index is 1.86. The maximum absolute atomic E-state index is 11.2. The third-order valence-corrected chi connectivity index (χ3v) is 6.09. The van der Waals surface area contributed by atoms with Gasteiger partial charge < -0.3 is 24.8 Å². The van der Waals surface area contributed by atoms with Crippen LogP contribution in [0.25, 0.3) is 0 Å². The molecule has 172 valence electrons. The molecule has 0 saturated heterocycles. The average molecular weight is 483 g/mol. The standard InChI is InChI=1S/C25H26N2O4S2/c1-30-22-12-9-18(13-23(22)31-2)16-27(15-17-7-10-19(11-8-17)24(28)29)25(32)26-20-5-4-6-21(14-20)33-3/h4-14H,15-16H2,1-3H3,(H,26,32)(H,28,29). The second-order valence-corrected chi connectivity index (χ2v) is 8.48. The summed E-state index contributed by atoms with van der Waals surface area (Å²) in [6.45, 7) is 1.03. The van der Waals surface area contributed by atoms with Gasteiger partial charge in [0.2, 0.25) is 0 Å². The second-order valence-electron chi connectivity index (χ2n) is 7.21. The van der Waals surface area contributed by atoms with Crippen molar-refractivity contribution in [3.8, 4) is 11.5 Å². The first-order valence-corrected chi connectivity index (χ1v) is 11.8.